The van der Waals surface area contributed by atoms with Gasteiger partial charge >= 0.3 is 5.97 Å². The zero-order valence-corrected chi connectivity index (χ0v) is 15.4. The second-order valence-corrected chi connectivity index (χ2v) is 6.42. The minimum absolute atomic E-state index is 0.154. The summed E-state index contributed by atoms with van der Waals surface area (Å²) < 4.78 is 6.33. The minimum Gasteiger partial charge on any atom is -0.462 e. The van der Waals surface area contributed by atoms with Gasteiger partial charge in [0.25, 0.3) is 5.56 Å². The van der Waals surface area contributed by atoms with E-state index < -0.39 is 5.97 Å². The molecule has 8 heteroatoms. The Bertz CT molecular complexity index is 981. The van der Waals surface area contributed by atoms with E-state index in [1.54, 1.807) is 25.3 Å². The molecule has 2 aromatic heterocycles. The topological polar surface area (TPSA) is 92.1 Å². The molecule has 2 aromatic rings. The Morgan fingerprint density at radius 2 is 2.15 bits per heavy atom. The summed E-state index contributed by atoms with van der Waals surface area (Å²) in [5, 5.41) is 9.36. The van der Waals surface area contributed by atoms with Crippen LogP contribution in [0, 0.1) is 11.3 Å². The number of esters is 1. The van der Waals surface area contributed by atoms with E-state index in [9.17, 15) is 14.9 Å². The van der Waals surface area contributed by atoms with Crippen LogP contribution in [0.3, 0.4) is 0 Å². The largest absolute Gasteiger partial charge is 0.462 e. The van der Waals surface area contributed by atoms with E-state index in [-0.39, 0.29) is 23.3 Å². The van der Waals surface area contributed by atoms with Gasteiger partial charge in [-0.2, -0.15) is 5.26 Å². The zero-order chi connectivity index (χ0) is 19.4. The van der Waals surface area contributed by atoms with Crippen molar-refractivity contribution in [2.45, 2.75) is 6.92 Å². The van der Waals surface area contributed by atoms with Gasteiger partial charge in [-0.3, -0.25) is 9.20 Å². The average molecular weight is 368 g/mol. The Hall–Kier alpha value is -3.18. The number of hydrogen-bond donors (Lipinski definition) is 1. The highest BCUT2D eigenvalue weighted by Gasteiger charge is 2.24. The first-order chi connectivity index (χ1) is 13.0. The van der Waals surface area contributed by atoms with Crippen molar-refractivity contribution in [1.29, 1.82) is 5.26 Å². The van der Waals surface area contributed by atoms with Crippen molar-refractivity contribution in [2.24, 2.45) is 0 Å². The number of quaternary nitrogens is 1. The number of nitrogens with one attached hydrogen (secondary N) is 1. The molecule has 1 N–H and O–H groups in total. The molecule has 1 aliphatic rings. The number of rotatable bonds is 4. The van der Waals surface area contributed by atoms with Crippen molar-refractivity contribution in [1.82, 2.24) is 9.38 Å². The Kier molecular flexibility index (Phi) is 5.52. The summed E-state index contributed by atoms with van der Waals surface area (Å²) >= 11 is 0. The number of ether oxygens (including phenoxy) is 1. The number of carbonyl (C=O) groups is 1. The predicted octanol–water partition coefficient (Wildman–Crippen LogP) is -0.501. The standard InChI is InChI=1S/C19H21N5O3/c1-3-27-19(26)14(13-20)12-15-17(23-10-8-22(2)9-11-23)21-16-6-4-5-7-24(16)18(15)25/h4-7,12H,3,8-11H2,1-2H3/p+1/b14-12+. The number of hydrogen-bond acceptors (Lipinski definition) is 6. The SMILES string of the molecule is CCOC(=O)/C(C#N)=C/c1c(N2CC[NH+](C)CC2)nc2ccccn2c1=O. The number of likely N-dealkylation sites (N-methyl/N-ethyl adjacent to an activating group) is 1. The fourth-order valence-electron chi connectivity index (χ4n) is 3.05. The predicted molar refractivity (Wildman–Crippen MR) is 101 cm³/mol. The van der Waals surface area contributed by atoms with Gasteiger partial charge in [0, 0.05) is 6.20 Å². The fraction of sp³-hybridized carbons (Fsp3) is 0.368. The number of carbonyl (C=O) groups excluding carboxylic acids is 1. The summed E-state index contributed by atoms with van der Waals surface area (Å²) in [7, 11) is 2.12. The van der Waals surface area contributed by atoms with Crippen molar-refractivity contribution >= 4 is 23.5 Å². The van der Waals surface area contributed by atoms with Crippen LogP contribution in [0.1, 0.15) is 12.5 Å². The maximum absolute atomic E-state index is 13.1. The highest BCUT2D eigenvalue weighted by molar-refractivity contribution is 5.98. The molecule has 0 aromatic carbocycles. The van der Waals surface area contributed by atoms with Crippen LogP contribution in [0.5, 0.6) is 0 Å². The summed E-state index contributed by atoms with van der Waals surface area (Å²) in [4.78, 5) is 33.2. The van der Waals surface area contributed by atoms with Crippen LogP contribution in [0.2, 0.25) is 0 Å². The Morgan fingerprint density at radius 3 is 2.81 bits per heavy atom. The van der Waals surface area contributed by atoms with Gasteiger partial charge in [-0.25, -0.2) is 9.78 Å². The molecule has 27 heavy (non-hydrogen) atoms. The number of pyridine rings is 1. The fourth-order valence-corrected chi connectivity index (χ4v) is 3.05. The van der Waals surface area contributed by atoms with E-state index >= 15 is 0 Å². The molecular formula is C19H22N5O3+. The number of aromatic nitrogens is 2. The molecule has 0 aliphatic carbocycles. The van der Waals surface area contributed by atoms with Crippen molar-refractivity contribution in [3.63, 3.8) is 0 Å². The molecular weight excluding hydrogens is 346 g/mol. The van der Waals surface area contributed by atoms with Crippen LogP contribution >= 0.6 is 0 Å². The molecule has 1 saturated heterocycles. The molecule has 8 nitrogen and oxygen atoms in total. The molecule has 1 fully saturated rings. The van der Waals surface area contributed by atoms with E-state index in [4.69, 9.17) is 4.74 Å². The van der Waals surface area contributed by atoms with Gasteiger partial charge in [0.1, 0.15) is 23.1 Å². The lowest BCUT2D eigenvalue weighted by molar-refractivity contribution is -0.880. The molecule has 0 amide bonds. The van der Waals surface area contributed by atoms with E-state index in [1.807, 2.05) is 17.0 Å². The molecule has 0 bridgehead atoms. The number of nitriles is 1. The monoisotopic (exact) mass is 368 g/mol. The third kappa shape index (κ3) is 3.83. The molecule has 1 aliphatic heterocycles. The molecule has 3 heterocycles. The van der Waals surface area contributed by atoms with Crippen LogP contribution in [0.15, 0.2) is 34.8 Å². The minimum atomic E-state index is -0.744. The van der Waals surface area contributed by atoms with Gasteiger partial charge in [0.2, 0.25) is 0 Å². The lowest BCUT2D eigenvalue weighted by atomic mass is 10.1. The Labute approximate surface area is 156 Å². The molecule has 0 saturated carbocycles. The second-order valence-electron chi connectivity index (χ2n) is 6.42. The molecule has 140 valence electrons. The zero-order valence-electron chi connectivity index (χ0n) is 15.4. The first-order valence-electron chi connectivity index (χ1n) is 8.91. The molecule has 0 spiro atoms. The summed E-state index contributed by atoms with van der Waals surface area (Å²) in [6, 6.07) is 7.14. The summed E-state index contributed by atoms with van der Waals surface area (Å²) in [6.45, 7) is 5.13. The average Bonchev–Trinajstić information content (AvgIpc) is 2.68. The van der Waals surface area contributed by atoms with E-state index in [0.717, 1.165) is 26.2 Å². The highest BCUT2D eigenvalue weighted by atomic mass is 16.5. The molecule has 0 radical (unpaired) electrons. The van der Waals surface area contributed by atoms with E-state index in [0.29, 0.717) is 11.5 Å². The van der Waals surface area contributed by atoms with Crippen molar-refractivity contribution < 1.29 is 14.4 Å². The molecule has 3 rings (SSSR count). The Morgan fingerprint density at radius 1 is 1.41 bits per heavy atom. The molecule has 0 atom stereocenters. The summed E-state index contributed by atoms with van der Waals surface area (Å²) in [6.07, 6.45) is 2.92. The number of anilines is 1. The number of nitrogens with zero attached hydrogens (tertiary/aromatic N) is 4. The lowest BCUT2D eigenvalue weighted by Gasteiger charge is -2.31. The first kappa shape index (κ1) is 18.6. The van der Waals surface area contributed by atoms with Crippen molar-refractivity contribution in [2.75, 3.05) is 44.7 Å². The maximum atomic E-state index is 13.1. The smallest absolute Gasteiger partial charge is 0.348 e. The van der Waals surface area contributed by atoms with Crippen molar-refractivity contribution in [3.05, 3.63) is 45.9 Å². The van der Waals surface area contributed by atoms with Gasteiger partial charge in [0.15, 0.2) is 0 Å². The highest BCUT2D eigenvalue weighted by Crippen LogP contribution is 2.19. The summed E-state index contributed by atoms with van der Waals surface area (Å²) in [5.74, 6) is -0.248. The lowest BCUT2D eigenvalue weighted by Crippen LogP contribution is -3.12. The van der Waals surface area contributed by atoms with Crippen molar-refractivity contribution in [3.8, 4) is 6.07 Å². The van der Waals surface area contributed by atoms with Gasteiger partial charge in [-0.15, -0.1) is 0 Å². The van der Waals surface area contributed by atoms with Crippen LogP contribution in [-0.4, -0.2) is 55.2 Å². The third-order valence-electron chi connectivity index (χ3n) is 4.57. The van der Waals surface area contributed by atoms with Gasteiger partial charge in [-0.1, -0.05) is 6.07 Å². The van der Waals surface area contributed by atoms with Gasteiger partial charge in [-0.05, 0) is 25.1 Å². The van der Waals surface area contributed by atoms with Gasteiger partial charge in [0.05, 0.1) is 45.4 Å². The van der Waals surface area contributed by atoms with Crippen LogP contribution in [-0.2, 0) is 9.53 Å². The van der Waals surface area contributed by atoms with Crippen LogP contribution in [0.25, 0.3) is 11.7 Å². The second kappa shape index (κ2) is 8.01. The van der Waals surface area contributed by atoms with E-state index in [2.05, 4.69) is 12.0 Å². The summed E-state index contributed by atoms with van der Waals surface area (Å²) in [5.41, 5.74) is 0.213. The third-order valence-corrected chi connectivity index (χ3v) is 4.57. The first-order valence-corrected chi connectivity index (χ1v) is 8.91. The van der Waals surface area contributed by atoms with Gasteiger partial charge < -0.3 is 14.5 Å². The number of fused-ring (bicyclic) bond motifs is 1. The quantitative estimate of drug-likeness (QED) is 0.444. The number of piperazine rings is 1. The normalized spacial score (nSPS) is 15.6. The Balaban J connectivity index is 2.18. The molecule has 0 unspecified atom stereocenters. The van der Waals surface area contributed by atoms with Crippen LogP contribution < -0.4 is 15.4 Å². The van der Waals surface area contributed by atoms with E-state index in [1.165, 1.54) is 15.4 Å². The maximum Gasteiger partial charge on any atom is 0.348 e. The van der Waals surface area contributed by atoms with Crippen LogP contribution in [0.4, 0.5) is 5.82 Å².